The number of halogens is 1. The van der Waals surface area contributed by atoms with E-state index in [9.17, 15) is 9.59 Å². The molecule has 1 saturated heterocycles. The molecule has 0 radical (unpaired) electrons. The second kappa shape index (κ2) is 4.09. The number of amides is 2. The molecule has 74 valence electrons. The maximum Gasteiger partial charge on any atom is 0.244 e. The summed E-state index contributed by atoms with van der Waals surface area (Å²) in [5.74, 6) is 0.298. The first-order chi connectivity index (χ1) is 6.06. The number of carbonyl (C=O) groups is 2. The molecule has 0 aromatic heterocycles. The Labute approximate surface area is 83.0 Å². The molecule has 0 spiro atoms. The summed E-state index contributed by atoms with van der Waals surface area (Å²) in [5.41, 5.74) is 0. The van der Waals surface area contributed by atoms with Crippen LogP contribution in [0.15, 0.2) is 0 Å². The van der Waals surface area contributed by atoms with Crippen molar-refractivity contribution in [1.82, 2.24) is 4.90 Å². The average molecular weight is 204 g/mol. The lowest BCUT2D eigenvalue weighted by Gasteiger charge is -2.14. The van der Waals surface area contributed by atoms with Crippen molar-refractivity contribution in [2.75, 3.05) is 12.4 Å². The topological polar surface area (TPSA) is 37.4 Å². The minimum atomic E-state index is -0.269. The van der Waals surface area contributed by atoms with Gasteiger partial charge in [0.1, 0.15) is 5.88 Å². The monoisotopic (exact) mass is 203 g/mol. The summed E-state index contributed by atoms with van der Waals surface area (Å²) in [6.07, 6.45) is 0.486. The highest BCUT2D eigenvalue weighted by atomic mass is 35.5. The smallest absolute Gasteiger partial charge is 0.244 e. The number of nitrogens with zero attached hydrogens (tertiary/aromatic N) is 1. The van der Waals surface area contributed by atoms with Gasteiger partial charge in [-0.3, -0.25) is 14.5 Å². The normalized spacial score (nSPS) is 22.9. The number of carbonyl (C=O) groups excluding carboxylic acids is 2. The maximum atomic E-state index is 11.3. The van der Waals surface area contributed by atoms with Crippen LogP contribution < -0.4 is 0 Å². The molecule has 1 aliphatic rings. The molecular weight excluding hydrogens is 190 g/mol. The Hall–Kier alpha value is -0.570. The summed E-state index contributed by atoms with van der Waals surface area (Å²) in [5, 5.41) is 0. The SMILES string of the molecule is CC(C)C1CC(=O)N(C(=O)CCl)C1. The molecule has 1 atom stereocenters. The Balaban J connectivity index is 2.61. The largest absolute Gasteiger partial charge is 0.281 e. The summed E-state index contributed by atoms with van der Waals surface area (Å²) in [6, 6.07) is 0. The van der Waals surface area contributed by atoms with E-state index < -0.39 is 0 Å². The van der Waals surface area contributed by atoms with Crippen LogP contribution in [0.2, 0.25) is 0 Å². The van der Waals surface area contributed by atoms with Gasteiger partial charge in [-0.25, -0.2) is 0 Å². The fourth-order valence-corrected chi connectivity index (χ4v) is 1.64. The molecular formula is C9H14ClNO2. The first-order valence-corrected chi connectivity index (χ1v) is 4.99. The standard InChI is InChI=1S/C9H14ClNO2/c1-6(2)7-3-8(12)11(5-7)9(13)4-10/h6-7H,3-5H2,1-2H3. The van der Waals surface area contributed by atoms with E-state index in [0.717, 1.165) is 0 Å². The second-order valence-corrected chi connectivity index (χ2v) is 4.01. The van der Waals surface area contributed by atoms with Crippen molar-refractivity contribution in [1.29, 1.82) is 0 Å². The molecule has 0 aromatic rings. The molecule has 0 aliphatic carbocycles. The van der Waals surface area contributed by atoms with Gasteiger partial charge in [-0.1, -0.05) is 13.8 Å². The lowest BCUT2D eigenvalue weighted by molar-refractivity contribution is -0.140. The summed E-state index contributed by atoms with van der Waals surface area (Å²) < 4.78 is 0. The summed E-state index contributed by atoms with van der Waals surface area (Å²) in [6.45, 7) is 4.67. The highest BCUT2D eigenvalue weighted by molar-refractivity contribution is 6.28. The molecule has 2 amide bonds. The molecule has 0 bridgehead atoms. The van der Waals surface area contributed by atoms with E-state index in [4.69, 9.17) is 11.6 Å². The lowest BCUT2D eigenvalue weighted by atomic mass is 9.95. The lowest BCUT2D eigenvalue weighted by Crippen LogP contribution is -2.33. The number of imide groups is 1. The van der Waals surface area contributed by atoms with Crippen molar-refractivity contribution >= 4 is 23.4 Å². The number of rotatable bonds is 2. The van der Waals surface area contributed by atoms with Gasteiger partial charge in [-0.15, -0.1) is 11.6 Å². The Morgan fingerprint density at radius 1 is 1.69 bits per heavy atom. The molecule has 4 heteroatoms. The molecule has 1 heterocycles. The fourth-order valence-electron chi connectivity index (χ4n) is 1.49. The minimum Gasteiger partial charge on any atom is -0.281 e. The quantitative estimate of drug-likeness (QED) is 0.634. The van der Waals surface area contributed by atoms with Crippen molar-refractivity contribution in [2.45, 2.75) is 20.3 Å². The maximum absolute atomic E-state index is 11.3. The Bertz CT molecular complexity index is 228. The zero-order chi connectivity index (χ0) is 10.0. The van der Waals surface area contributed by atoms with Crippen LogP contribution in [0.25, 0.3) is 0 Å². The van der Waals surface area contributed by atoms with Crippen molar-refractivity contribution in [3.05, 3.63) is 0 Å². The predicted molar refractivity (Wildman–Crippen MR) is 50.4 cm³/mol. The van der Waals surface area contributed by atoms with Crippen LogP contribution in [0.1, 0.15) is 20.3 Å². The van der Waals surface area contributed by atoms with Gasteiger partial charge in [0.15, 0.2) is 0 Å². The number of alkyl halides is 1. The van der Waals surface area contributed by atoms with E-state index in [2.05, 4.69) is 13.8 Å². The van der Waals surface area contributed by atoms with Crippen LogP contribution in [-0.2, 0) is 9.59 Å². The molecule has 13 heavy (non-hydrogen) atoms. The summed E-state index contributed by atoms with van der Waals surface area (Å²) in [7, 11) is 0. The van der Waals surface area contributed by atoms with Crippen molar-refractivity contribution < 1.29 is 9.59 Å². The van der Waals surface area contributed by atoms with E-state index in [1.54, 1.807) is 0 Å². The van der Waals surface area contributed by atoms with Gasteiger partial charge >= 0.3 is 0 Å². The fraction of sp³-hybridized carbons (Fsp3) is 0.778. The Morgan fingerprint density at radius 2 is 2.31 bits per heavy atom. The first kappa shape index (κ1) is 10.5. The van der Waals surface area contributed by atoms with Gasteiger partial charge in [0.05, 0.1) is 0 Å². The predicted octanol–water partition coefficient (Wildman–Crippen LogP) is 1.26. The van der Waals surface area contributed by atoms with Gasteiger partial charge in [0.25, 0.3) is 0 Å². The highest BCUT2D eigenvalue weighted by Crippen LogP contribution is 2.24. The molecule has 1 fully saturated rings. The second-order valence-electron chi connectivity index (χ2n) is 3.74. The van der Waals surface area contributed by atoms with E-state index in [1.165, 1.54) is 4.90 Å². The third-order valence-electron chi connectivity index (χ3n) is 2.51. The zero-order valence-electron chi connectivity index (χ0n) is 7.92. The van der Waals surface area contributed by atoms with Gasteiger partial charge in [-0.05, 0) is 11.8 Å². The number of likely N-dealkylation sites (tertiary alicyclic amines) is 1. The summed E-state index contributed by atoms with van der Waals surface area (Å²) >= 11 is 5.38. The van der Waals surface area contributed by atoms with Crippen molar-refractivity contribution in [3.63, 3.8) is 0 Å². The zero-order valence-corrected chi connectivity index (χ0v) is 8.67. The molecule has 1 aliphatic heterocycles. The van der Waals surface area contributed by atoms with E-state index in [0.29, 0.717) is 24.8 Å². The van der Waals surface area contributed by atoms with Crippen LogP contribution in [0.3, 0.4) is 0 Å². The third kappa shape index (κ3) is 2.21. The van der Waals surface area contributed by atoms with Crippen molar-refractivity contribution in [3.8, 4) is 0 Å². The number of hydrogen-bond donors (Lipinski definition) is 0. The van der Waals surface area contributed by atoms with E-state index in [1.807, 2.05) is 0 Å². The van der Waals surface area contributed by atoms with Gasteiger partial charge in [0, 0.05) is 13.0 Å². The van der Waals surface area contributed by atoms with Gasteiger partial charge in [-0.2, -0.15) is 0 Å². The third-order valence-corrected chi connectivity index (χ3v) is 2.74. The highest BCUT2D eigenvalue weighted by Gasteiger charge is 2.34. The van der Waals surface area contributed by atoms with Crippen LogP contribution in [0.4, 0.5) is 0 Å². The van der Waals surface area contributed by atoms with Crippen LogP contribution >= 0.6 is 11.6 Å². The van der Waals surface area contributed by atoms with E-state index >= 15 is 0 Å². The molecule has 0 saturated carbocycles. The Kier molecular flexibility index (Phi) is 3.31. The Morgan fingerprint density at radius 3 is 2.69 bits per heavy atom. The van der Waals surface area contributed by atoms with E-state index in [-0.39, 0.29) is 17.7 Å². The van der Waals surface area contributed by atoms with Gasteiger partial charge < -0.3 is 0 Å². The molecule has 3 nitrogen and oxygen atoms in total. The first-order valence-electron chi connectivity index (χ1n) is 4.45. The van der Waals surface area contributed by atoms with Crippen LogP contribution in [0, 0.1) is 11.8 Å². The average Bonchev–Trinajstić information content (AvgIpc) is 2.46. The number of hydrogen-bond acceptors (Lipinski definition) is 2. The molecule has 1 unspecified atom stereocenters. The minimum absolute atomic E-state index is 0.0793. The molecule has 0 aromatic carbocycles. The van der Waals surface area contributed by atoms with Crippen LogP contribution in [0.5, 0.6) is 0 Å². The van der Waals surface area contributed by atoms with Crippen molar-refractivity contribution in [2.24, 2.45) is 11.8 Å². The van der Waals surface area contributed by atoms with Crippen LogP contribution in [-0.4, -0.2) is 29.1 Å². The summed E-state index contributed by atoms with van der Waals surface area (Å²) in [4.78, 5) is 23.8. The van der Waals surface area contributed by atoms with Gasteiger partial charge in [0.2, 0.25) is 11.8 Å². The molecule has 1 rings (SSSR count). The molecule has 0 N–H and O–H groups in total.